The number of fused-ring (bicyclic) bond motifs is 1. The molecule has 0 aliphatic carbocycles. The van der Waals surface area contributed by atoms with Crippen molar-refractivity contribution in [1.82, 2.24) is 14.5 Å². The molecule has 1 aromatic carbocycles. The largest absolute Gasteiger partial charge is 0.477 e. The molecule has 0 radical (unpaired) electrons. The summed E-state index contributed by atoms with van der Waals surface area (Å²) in [7, 11) is 0. The quantitative estimate of drug-likeness (QED) is 0.581. The molecule has 3 aromatic heterocycles. The van der Waals surface area contributed by atoms with Crippen molar-refractivity contribution in [2.24, 2.45) is 0 Å². The molecule has 0 saturated carbocycles. The Morgan fingerprint density at radius 2 is 2.19 bits per heavy atom. The second-order valence-corrected chi connectivity index (χ2v) is 7.07. The molecule has 7 heteroatoms. The minimum Gasteiger partial charge on any atom is -0.477 e. The predicted octanol–water partition coefficient (Wildman–Crippen LogP) is 4.09. The molecule has 0 saturated heterocycles. The Morgan fingerprint density at radius 1 is 1.33 bits per heavy atom. The summed E-state index contributed by atoms with van der Waals surface area (Å²) in [6, 6.07) is 13.7. The fourth-order valence-corrected chi connectivity index (χ4v) is 3.94. The summed E-state index contributed by atoms with van der Waals surface area (Å²) < 4.78 is 2.00. The lowest BCUT2D eigenvalue weighted by molar-refractivity contribution is 0.0701. The highest BCUT2D eigenvalue weighted by Crippen LogP contribution is 2.32. The van der Waals surface area contributed by atoms with Crippen molar-refractivity contribution in [3.05, 3.63) is 70.6 Å². The van der Waals surface area contributed by atoms with E-state index in [-0.39, 0.29) is 4.88 Å². The molecule has 0 fully saturated rings. The van der Waals surface area contributed by atoms with Crippen LogP contribution in [0.5, 0.6) is 0 Å². The van der Waals surface area contributed by atoms with Gasteiger partial charge < -0.3 is 9.67 Å². The number of aryl methyl sites for hydroxylation is 1. The van der Waals surface area contributed by atoms with Gasteiger partial charge in [-0.25, -0.2) is 9.78 Å². The first-order valence-corrected chi connectivity index (χ1v) is 9.02. The molecule has 0 spiro atoms. The number of nitriles is 1. The van der Waals surface area contributed by atoms with Gasteiger partial charge in [0.2, 0.25) is 0 Å². The molecular weight excluding hydrogens is 360 g/mol. The van der Waals surface area contributed by atoms with Crippen molar-refractivity contribution in [2.45, 2.75) is 13.5 Å². The van der Waals surface area contributed by atoms with Gasteiger partial charge in [0.05, 0.1) is 23.5 Å². The van der Waals surface area contributed by atoms with Crippen LogP contribution in [-0.4, -0.2) is 25.6 Å². The zero-order chi connectivity index (χ0) is 19.0. The summed E-state index contributed by atoms with van der Waals surface area (Å²) in [6.07, 6.45) is 3.56. The maximum absolute atomic E-state index is 11.3. The maximum atomic E-state index is 11.3. The van der Waals surface area contributed by atoms with Crippen LogP contribution in [0, 0.1) is 18.3 Å². The van der Waals surface area contributed by atoms with Gasteiger partial charge in [0.25, 0.3) is 0 Å². The van der Waals surface area contributed by atoms with Gasteiger partial charge >= 0.3 is 5.97 Å². The fourth-order valence-electron chi connectivity index (χ4n) is 3.03. The van der Waals surface area contributed by atoms with E-state index in [1.54, 1.807) is 13.1 Å². The molecule has 6 nitrogen and oxygen atoms in total. The first-order chi connectivity index (χ1) is 13.1. The van der Waals surface area contributed by atoms with Crippen LogP contribution in [-0.2, 0) is 6.54 Å². The second kappa shape index (κ2) is 6.67. The van der Waals surface area contributed by atoms with Crippen LogP contribution in [0.2, 0.25) is 0 Å². The number of carboxylic acids is 1. The number of nitrogens with zero attached hydrogens (tertiary/aromatic N) is 4. The van der Waals surface area contributed by atoms with E-state index in [0.29, 0.717) is 22.8 Å². The van der Waals surface area contributed by atoms with Gasteiger partial charge in [-0.2, -0.15) is 5.26 Å². The van der Waals surface area contributed by atoms with Crippen LogP contribution in [0.25, 0.3) is 21.5 Å². The van der Waals surface area contributed by atoms with Crippen molar-refractivity contribution in [2.75, 3.05) is 0 Å². The summed E-state index contributed by atoms with van der Waals surface area (Å²) in [4.78, 5) is 20.2. The molecule has 0 aliphatic heterocycles. The van der Waals surface area contributed by atoms with Gasteiger partial charge in [-0.15, -0.1) is 11.3 Å². The van der Waals surface area contributed by atoms with E-state index in [2.05, 4.69) is 16.0 Å². The topological polar surface area (TPSA) is 91.8 Å². The van der Waals surface area contributed by atoms with Gasteiger partial charge in [0, 0.05) is 28.9 Å². The predicted molar refractivity (Wildman–Crippen MR) is 103 cm³/mol. The molecular formula is C20H14N4O2S. The maximum Gasteiger partial charge on any atom is 0.347 e. The Bertz CT molecular complexity index is 1200. The second-order valence-electron chi connectivity index (χ2n) is 6.07. The van der Waals surface area contributed by atoms with Gasteiger partial charge in [0.15, 0.2) is 0 Å². The molecule has 0 amide bonds. The number of carbonyl (C=O) groups is 1. The highest BCUT2D eigenvalue weighted by molar-refractivity contribution is 7.17. The zero-order valence-corrected chi connectivity index (χ0v) is 15.2. The number of pyridine rings is 1. The van der Waals surface area contributed by atoms with Gasteiger partial charge in [-0.1, -0.05) is 6.07 Å². The Balaban J connectivity index is 1.80. The van der Waals surface area contributed by atoms with Crippen molar-refractivity contribution >= 4 is 28.2 Å². The van der Waals surface area contributed by atoms with Crippen molar-refractivity contribution in [3.8, 4) is 16.6 Å². The van der Waals surface area contributed by atoms with E-state index >= 15 is 0 Å². The van der Waals surface area contributed by atoms with Gasteiger partial charge in [-0.3, -0.25) is 4.98 Å². The molecule has 0 atom stereocenters. The van der Waals surface area contributed by atoms with Crippen molar-refractivity contribution in [1.29, 1.82) is 5.26 Å². The number of aromatic nitrogens is 3. The summed E-state index contributed by atoms with van der Waals surface area (Å²) >= 11 is 1.14. The van der Waals surface area contributed by atoms with E-state index in [0.717, 1.165) is 33.5 Å². The number of rotatable bonds is 4. The Kier molecular flexibility index (Phi) is 4.18. The first-order valence-electron chi connectivity index (χ1n) is 8.21. The smallest absolute Gasteiger partial charge is 0.347 e. The Hall–Kier alpha value is -3.50. The van der Waals surface area contributed by atoms with E-state index in [9.17, 15) is 15.2 Å². The SMILES string of the molecule is Cc1nc(-c2ccc3c(c2)c(C#N)cn3Cc2ccccn2)sc1C(=O)O. The average Bonchev–Trinajstić information content (AvgIpc) is 3.23. The minimum absolute atomic E-state index is 0.235. The number of hydrogen-bond acceptors (Lipinski definition) is 5. The Morgan fingerprint density at radius 3 is 2.85 bits per heavy atom. The van der Waals surface area contributed by atoms with E-state index < -0.39 is 5.97 Å². The molecule has 132 valence electrons. The number of carboxylic acid groups (broad SMARTS) is 1. The number of thiazole rings is 1. The molecule has 0 unspecified atom stereocenters. The molecule has 3 heterocycles. The third kappa shape index (κ3) is 3.07. The molecule has 1 N–H and O–H groups in total. The third-order valence-corrected chi connectivity index (χ3v) is 5.49. The van der Waals surface area contributed by atoms with Crippen molar-refractivity contribution in [3.63, 3.8) is 0 Å². The molecule has 0 aliphatic rings. The number of aromatic carboxylic acids is 1. The van der Waals surface area contributed by atoms with Gasteiger partial charge in [0.1, 0.15) is 16.0 Å². The third-order valence-electron chi connectivity index (χ3n) is 4.30. The first kappa shape index (κ1) is 16.9. The summed E-state index contributed by atoms with van der Waals surface area (Å²) in [5.74, 6) is -0.975. The lowest BCUT2D eigenvalue weighted by atomic mass is 10.1. The number of benzene rings is 1. The summed E-state index contributed by atoms with van der Waals surface area (Å²) in [5, 5.41) is 20.2. The van der Waals surface area contributed by atoms with Crippen LogP contribution in [0.4, 0.5) is 0 Å². The lowest BCUT2D eigenvalue weighted by Gasteiger charge is -2.05. The summed E-state index contributed by atoms with van der Waals surface area (Å²) in [6.45, 7) is 2.25. The zero-order valence-electron chi connectivity index (χ0n) is 14.4. The Labute approximate surface area is 159 Å². The standard InChI is InChI=1S/C20H14N4O2S/c1-12-18(20(25)26)27-19(23-12)13-5-6-17-16(8-13)14(9-21)10-24(17)11-15-4-2-3-7-22-15/h2-8,10H,11H2,1H3,(H,25,26). The van der Waals surface area contributed by atoms with Crippen LogP contribution >= 0.6 is 11.3 Å². The lowest BCUT2D eigenvalue weighted by Crippen LogP contribution is -1.99. The molecule has 4 aromatic rings. The van der Waals surface area contributed by atoms with Crippen LogP contribution < -0.4 is 0 Å². The van der Waals surface area contributed by atoms with E-state index in [4.69, 9.17) is 0 Å². The average molecular weight is 374 g/mol. The fraction of sp³-hybridized carbons (Fsp3) is 0.100. The molecule has 0 bridgehead atoms. The van der Waals surface area contributed by atoms with Gasteiger partial charge in [-0.05, 0) is 37.3 Å². The monoisotopic (exact) mass is 374 g/mol. The summed E-state index contributed by atoms with van der Waals surface area (Å²) in [5.41, 5.74) is 3.69. The van der Waals surface area contributed by atoms with Crippen LogP contribution in [0.3, 0.4) is 0 Å². The number of hydrogen-bond donors (Lipinski definition) is 1. The molecule has 4 rings (SSSR count). The highest BCUT2D eigenvalue weighted by Gasteiger charge is 2.17. The van der Waals surface area contributed by atoms with Crippen LogP contribution in [0.15, 0.2) is 48.8 Å². The molecule has 27 heavy (non-hydrogen) atoms. The van der Waals surface area contributed by atoms with E-state index in [1.807, 2.05) is 47.2 Å². The van der Waals surface area contributed by atoms with Crippen molar-refractivity contribution < 1.29 is 9.90 Å². The normalized spacial score (nSPS) is 10.8. The van der Waals surface area contributed by atoms with Crippen LogP contribution in [0.1, 0.15) is 26.6 Å². The van der Waals surface area contributed by atoms with E-state index in [1.165, 1.54) is 0 Å². The highest BCUT2D eigenvalue weighted by atomic mass is 32.1. The minimum atomic E-state index is -0.975.